The van der Waals surface area contributed by atoms with Crippen molar-refractivity contribution in [2.75, 3.05) is 11.9 Å². The summed E-state index contributed by atoms with van der Waals surface area (Å²) in [7, 11) is 0. The van der Waals surface area contributed by atoms with Gasteiger partial charge in [0.05, 0.1) is 5.39 Å². The van der Waals surface area contributed by atoms with E-state index in [0.717, 1.165) is 23.4 Å². The average Bonchev–Trinajstić information content (AvgIpc) is 2.81. The van der Waals surface area contributed by atoms with Gasteiger partial charge in [-0.1, -0.05) is 0 Å². The van der Waals surface area contributed by atoms with Crippen LogP contribution in [0.5, 0.6) is 0 Å². The van der Waals surface area contributed by atoms with E-state index in [0.29, 0.717) is 12.1 Å². The van der Waals surface area contributed by atoms with Crippen LogP contribution in [-0.2, 0) is 0 Å². The van der Waals surface area contributed by atoms with Gasteiger partial charge in [0.1, 0.15) is 17.8 Å². The van der Waals surface area contributed by atoms with Crippen molar-refractivity contribution in [1.82, 2.24) is 20.3 Å². The van der Waals surface area contributed by atoms with Crippen LogP contribution >= 0.6 is 0 Å². The maximum Gasteiger partial charge on any atom is 0.142 e. The molecule has 90 valence electrons. The van der Waals surface area contributed by atoms with Gasteiger partial charge in [0, 0.05) is 24.8 Å². The third-order valence-corrected chi connectivity index (χ3v) is 3.36. The van der Waals surface area contributed by atoms with E-state index in [2.05, 4.69) is 32.5 Å². The lowest BCUT2D eigenvalue weighted by Crippen LogP contribution is -2.43. The number of fused-ring (bicyclic) bond motifs is 1. The highest BCUT2D eigenvalue weighted by Gasteiger charge is 2.18. The highest BCUT2D eigenvalue weighted by molar-refractivity contribution is 5.86. The van der Waals surface area contributed by atoms with Crippen molar-refractivity contribution in [1.29, 1.82) is 0 Å². The van der Waals surface area contributed by atoms with Gasteiger partial charge in [-0.05, 0) is 25.8 Å². The molecule has 5 heteroatoms. The third-order valence-electron chi connectivity index (χ3n) is 3.36. The molecule has 0 aliphatic carbocycles. The van der Waals surface area contributed by atoms with Crippen LogP contribution in [0.3, 0.4) is 0 Å². The molecule has 0 aromatic carbocycles. The SMILES string of the molecule is C[C@@H]1CC[C@@H](Nc2ncnc3[nH]ccc23)CN1. The number of H-pyrrole nitrogens is 1. The van der Waals surface area contributed by atoms with Crippen LogP contribution in [0.4, 0.5) is 5.82 Å². The quantitative estimate of drug-likeness (QED) is 0.733. The second-order valence-electron chi connectivity index (χ2n) is 4.69. The molecule has 2 atom stereocenters. The number of hydrogen-bond donors (Lipinski definition) is 3. The molecule has 0 bridgehead atoms. The zero-order valence-electron chi connectivity index (χ0n) is 9.90. The minimum atomic E-state index is 0.458. The Balaban J connectivity index is 1.78. The lowest BCUT2D eigenvalue weighted by atomic mass is 10.0. The largest absolute Gasteiger partial charge is 0.365 e. The summed E-state index contributed by atoms with van der Waals surface area (Å²) in [4.78, 5) is 11.6. The summed E-state index contributed by atoms with van der Waals surface area (Å²) in [6.07, 6.45) is 5.88. The van der Waals surface area contributed by atoms with E-state index in [1.165, 1.54) is 12.8 Å². The Morgan fingerprint density at radius 2 is 2.29 bits per heavy atom. The third kappa shape index (κ3) is 2.10. The fourth-order valence-electron chi connectivity index (χ4n) is 2.30. The number of hydrogen-bond acceptors (Lipinski definition) is 4. The average molecular weight is 231 g/mol. The van der Waals surface area contributed by atoms with Gasteiger partial charge in [0.25, 0.3) is 0 Å². The molecule has 0 unspecified atom stereocenters. The molecule has 2 aromatic heterocycles. The number of piperidine rings is 1. The molecule has 1 aliphatic heterocycles. The molecule has 0 amide bonds. The standard InChI is InChI=1S/C12H17N5/c1-8-2-3-9(6-14-8)17-12-10-4-5-13-11(10)15-7-16-12/h4-5,7-9,14H,2-3,6H2,1H3,(H2,13,15,16,17)/t8-,9-/m1/s1. The molecular weight excluding hydrogens is 214 g/mol. The highest BCUT2D eigenvalue weighted by Crippen LogP contribution is 2.20. The summed E-state index contributed by atoms with van der Waals surface area (Å²) < 4.78 is 0. The fraction of sp³-hybridized carbons (Fsp3) is 0.500. The molecule has 5 nitrogen and oxygen atoms in total. The first-order valence-corrected chi connectivity index (χ1v) is 6.11. The normalized spacial score (nSPS) is 25.0. The Hall–Kier alpha value is -1.62. The minimum absolute atomic E-state index is 0.458. The van der Waals surface area contributed by atoms with Crippen LogP contribution in [0.25, 0.3) is 11.0 Å². The number of aromatic nitrogens is 3. The van der Waals surface area contributed by atoms with Crippen molar-refractivity contribution in [3.63, 3.8) is 0 Å². The second-order valence-corrected chi connectivity index (χ2v) is 4.69. The molecule has 3 N–H and O–H groups in total. The summed E-state index contributed by atoms with van der Waals surface area (Å²) in [5, 5.41) is 8.04. The number of anilines is 1. The van der Waals surface area contributed by atoms with Crippen molar-refractivity contribution in [3.8, 4) is 0 Å². The van der Waals surface area contributed by atoms with Gasteiger partial charge in [0.15, 0.2) is 0 Å². The van der Waals surface area contributed by atoms with Crippen molar-refractivity contribution in [2.45, 2.75) is 31.8 Å². The zero-order chi connectivity index (χ0) is 11.7. The number of nitrogens with zero attached hydrogens (tertiary/aromatic N) is 2. The predicted molar refractivity (Wildman–Crippen MR) is 68.0 cm³/mol. The molecule has 3 rings (SSSR count). The first-order valence-electron chi connectivity index (χ1n) is 6.11. The molecule has 17 heavy (non-hydrogen) atoms. The van der Waals surface area contributed by atoms with E-state index < -0.39 is 0 Å². The highest BCUT2D eigenvalue weighted by atomic mass is 15.1. The van der Waals surface area contributed by atoms with E-state index >= 15 is 0 Å². The summed E-state index contributed by atoms with van der Waals surface area (Å²) in [5.41, 5.74) is 0.889. The van der Waals surface area contributed by atoms with Gasteiger partial charge in [-0.15, -0.1) is 0 Å². The summed E-state index contributed by atoms with van der Waals surface area (Å²) in [6, 6.07) is 3.10. The predicted octanol–water partition coefficient (Wildman–Crippen LogP) is 1.51. The topological polar surface area (TPSA) is 65.6 Å². The molecule has 0 saturated carbocycles. The molecule has 0 spiro atoms. The van der Waals surface area contributed by atoms with Gasteiger partial charge < -0.3 is 15.6 Å². The molecule has 1 aliphatic rings. The van der Waals surface area contributed by atoms with Gasteiger partial charge in [-0.2, -0.15) is 0 Å². The second kappa shape index (κ2) is 4.33. The molecule has 3 heterocycles. The summed E-state index contributed by atoms with van der Waals surface area (Å²) >= 11 is 0. The smallest absolute Gasteiger partial charge is 0.142 e. The lowest BCUT2D eigenvalue weighted by molar-refractivity contribution is 0.398. The summed E-state index contributed by atoms with van der Waals surface area (Å²) in [5.74, 6) is 0.928. The maximum absolute atomic E-state index is 4.32. The monoisotopic (exact) mass is 231 g/mol. The number of rotatable bonds is 2. The summed E-state index contributed by atoms with van der Waals surface area (Å²) in [6.45, 7) is 3.22. The van der Waals surface area contributed by atoms with Crippen LogP contribution in [0.2, 0.25) is 0 Å². The number of nitrogens with one attached hydrogen (secondary N) is 3. The van der Waals surface area contributed by atoms with E-state index in [1.54, 1.807) is 6.33 Å². The Bertz CT molecular complexity index is 498. The fourth-order valence-corrected chi connectivity index (χ4v) is 2.30. The Morgan fingerprint density at radius 3 is 3.12 bits per heavy atom. The lowest BCUT2D eigenvalue weighted by Gasteiger charge is -2.28. The Morgan fingerprint density at radius 1 is 1.35 bits per heavy atom. The van der Waals surface area contributed by atoms with Crippen molar-refractivity contribution < 1.29 is 0 Å². The van der Waals surface area contributed by atoms with E-state index in [9.17, 15) is 0 Å². The first kappa shape index (κ1) is 10.5. The van der Waals surface area contributed by atoms with Crippen molar-refractivity contribution in [2.24, 2.45) is 0 Å². The van der Waals surface area contributed by atoms with E-state index in [-0.39, 0.29) is 0 Å². The minimum Gasteiger partial charge on any atom is -0.365 e. The molecule has 2 aromatic rings. The van der Waals surface area contributed by atoms with Crippen molar-refractivity contribution in [3.05, 3.63) is 18.6 Å². The van der Waals surface area contributed by atoms with Crippen LogP contribution in [0, 0.1) is 0 Å². The van der Waals surface area contributed by atoms with Gasteiger partial charge in [0.2, 0.25) is 0 Å². The zero-order valence-corrected chi connectivity index (χ0v) is 9.90. The maximum atomic E-state index is 4.32. The van der Waals surface area contributed by atoms with Crippen LogP contribution in [0.1, 0.15) is 19.8 Å². The van der Waals surface area contributed by atoms with E-state index in [1.807, 2.05) is 12.3 Å². The Labute approximate surface area is 100 Å². The van der Waals surface area contributed by atoms with E-state index in [4.69, 9.17) is 0 Å². The van der Waals surface area contributed by atoms with Crippen molar-refractivity contribution >= 4 is 16.9 Å². The first-order chi connectivity index (χ1) is 8.33. The molecule has 0 radical (unpaired) electrons. The van der Waals surface area contributed by atoms with Gasteiger partial charge in [-0.3, -0.25) is 0 Å². The molecular formula is C12H17N5. The van der Waals surface area contributed by atoms with Gasteiger partial charge >= 0.3 is 0 Å². The molecule has 1 fully saturated rings. The van der Waals surface area contributed by atoms with Gasteiger partial charge in [-0.25, -0.2) is 9.97 Å². The van der Waals surface area contributed by atoms with Crippen LogP contribution in [-0.4, -0.2) is 33.6 Å². The molecule has 1 saturated heterocycles. The Kier molecular flexibility index (Phi) is 2.68. The van der Waals surface area contributed by atoms with Crippen LogP contribution < -0.4 is 10.6 Å². The number of aromatic amines is 1. The van der Waals surface area contributed by atoms with Crippen LogP contribution in [0.15, 0.2) is 18.6 Å².